The summed E-state index contributed by atoms with van der Waals surface area (Å²) in [5, 5.41) is 18.5. The zero-order valence-corrected chi connectivity index (χ0v) is 15.2. The zero-order chi connectivity index (χ0) is 17.8. The lowest BCUT2D eigenvalue weighted by Gasteiger charge is -2.15. The number of hydrogen-bond donors (Lipinski definition) is 2. The highest BCUT2D eigenvalue weighted by molar-refractivity contribution is 7.03. The minimum Gasteiger partial charge on any atom is -0.491 e. The van der Waals surface area contributed by atoms with Gasteiger partial charge in [-0.1, -0.05) is 28.8 Å². The average molecular weight is 368 g/mol. The van der Waals surface area contributed by atoms with E-state index in [1.54, 1.807) is 0 Å². The summed E-state index contributed by atoms with van der Waals surface area (Å²) >= 11 is 1.34. The molecule has 1 aliphatic carbocycles. The van der Waals surface area contributed by atoms with E-state index in [2.05, 4.69) is 39.2 Å². The maximum atomic E-state index is 10.3. The summed E-state index contributed by atoms with van der Waals surface area (Å²) in [5.41, 5.74) is 4.73. The third kappa shape index (κ3) is 3.93. The Morgan fingerprint density at radius 1 is 1.19 bits per heavy atom. The summed E-state index contributed by atoms with van der Waals surface area (Å²) < 4.78 is 9.59. The molecule has 0 unspecified atom stereocenters. The fourth-order valence-corrected chi connectivity index (χ4v) is 3.89. The maximum Gasteiger partial charge on any atom is 0.137 e. The summed E-state index contributed by atoms with van der Waals surface area (Å²) in [4.78, 5) is 0. The van der Waals surface area contributed by atoms with Crippen LogP contribution in [0.15, 0.2) is 53.9 Å². The van der Waals surface area contributed by atoms with E-state index in [9.17, 15) is 5.11 Å². The SMILES string of the molecule is O[C@H](C[NH2+][C@@H]1CCc2ccccc21)COc1ccc(-c2csnn2)cc1. The van der Waals surface area contributed by atoms with Gasteiger partial charge in [-0.3, -0.25) is 0 Å². The van der Waals surface area contributed by atoms with Crippen LogP contribution < -0.4 is 10.1 Å². The van der Waals surface area contributed by atoms with Crippen LogP contribution in [-0.2, 0) is 6.42 Å². The molecule has 1 aliphatic rings. The van der Waals surface area contributed by atoms with Gasteiger partial charge in [-0.25, -0.2) is 0 Å². The number of aliphatic hydroxyl groups is 1. The first kappa shape index (κ1) is 17.1. The largest absolute Gasteiger partial charge is 0.491 e. The molecule has 5 nitrogen and oxygen atoms in total. The molecule has 0 aliphatic heterocycles. The van der Waals surface area contributed by atoms with Crippen molar-refractivity contribution in [1.82, 2.24) is 9.59 Å². The molecule has 4 rings (SSSR count). The van der Waals surface area contributed by atoms with Gasteiger partial charge in [-0.2, -0.15) is 0 Å². The molecule has 2 atom stereocenters. The molecule has 0 saturated heterocycles. The van der Waals surface area contributed by atoms with Crippen LogP contribution in [-0.4, -0.2) is 33.9 Å². The molecular weight excluding hydrogens is 346 g/mol. The molecule has 0 radical (unpaired) electrons. The fourth-order valence-electron chi connectivity index (χ4n) is 3.43. The summed E-state index contributed by atoms with van der Waals surface area (Å²) in [6.07, 6.45) is 1.77. The maximum absolute atomic E-state index is 10.3. The molecular formula is C20H22N3O2S+. The molecule has 0 saturated carbocycles. The molecule has 6 heteroatoms. The number of nitrogens with two attached hydrogens (primary N) is 1. The van der Waals surface area contributed by atoms with Gasteiger partial charge in [0.1, 0.15) is 36.7 Å². The van der Waals surface area contributed by atoms with Crippen LogP contribution in [0.1, 0.15) is 23.6 Å². The Labute approximate surface area is 156 Å². The molecule has 0 fully saturated rings. The van der Waals surface area contributed by atoms with E-state index in [4.69, 9.17) is 4.74 Å². The summed E-state index contributed by atoms with van der Waals surface area (Å²) in [6.45, 7) is 0.935. The van der Waals surface area contributed by atoms with Crippen molar-refractivity contribution in [2.24, 2.45) is 0 Å². The lowest BCUT2D eigenvalue weighted by Crippen LogP contribution is -2.87. The number of benzene rings is 2. The highest BCUT2D eigenvalue weighted by Crippen LogP contribution is 2.27. The van der Waals surface area contributed by atoms with Crippen molar-refractivity contribution in [3.05, 3.63) is 65.0 Å². The average Bonchev–Trinajstić information content (AvgIpc) is 3.35. The third-order valence-electron chi connectivity index (χ3n) is 4.82. The number of quaternary nitrogens is 1. The van der Waals surface area contributed by atoms with E-state index in [0.29, 0.717) is 19.2 Å². The van der Waals surface area contributed by atoms with Crippen molar-refractivity contribution in [2.75, 3.05) is 13.2 Å². The molecule has 134 valence electrons. The lowest BCUT2D eigenvalue weighted by molar-refractivity contribution is -0.700. The smallest absolute Gasteiger partial charge is 0.137 e. The van der Waals surface area contributed by atoms with Crippen LogP contribution in [0.25, 0.3) is 11.3 Å². The predicted molar refractivity (Wildman–Crippen MR) is 101 cm³/mol. The zero-order valence-electron chi connectivity index (χ0n) is 14.4. The fraction of sp³-hybridized carbons (Fsp3) is 0.300. The Morgan fingerprint density at radius 3 is 2.85 bits per heavy atom. The van der Waals surface area contributed by atoms with Crippen molar-refractivity contribution < 1.29 is 15.2 Å². The predicted octanol–water partition coefficient (Wildman–Crippen LogP) is 2.20. The molecule has 0 amide bonds. The summed E-state index contributed by atoms with van der Waals surface area (Å²) in [5.74, 6) is 0.752. The Morgan fingerprint density at radius 2 is 2.04 bits per heavy atom. The Balaban J connectivity index is 1.25. The van der Waals surface area contributed by atoms with E-state index in [-0.39, 0.29) is 0 Å². The summed E-state index contributed by atoms with van der Waals surface area (Å²) in [6, 6.07) is 16.8. The van der Waals surface area contributed by atoms with Gasteiger partial charge in [0.05, 0.1) is 0 Å². The minimum absolute atomic E-state index is 0.294. The van der Waals surface area contributed by atoms with E-state index < -0.39 is 6.10 Å². The lowest BCUT2D eigenvalue weighted by atomic mass is 10.1. The topological polar surface area (TPSA) is 71.9 Å². The van der Waals surface area contributed by atoms with Gasteiger partial charge >= 0.3 is 0 Å². The van der Waals surface area contributed by atoms with Gasteiger partial charge < -0.3 is 15.2 Å². The van der Waals surface area contributed by atoms with Gasteiger partial charge in [0.25, 0.3) is 0 Å². The van der Waals surface area contributed by atoms with Crippen molar-refractivity contribution in [1.29, 1.82) is 0 Å². The molecule has 26 heavy (non-hydrogen) atoms. The van der Waals surface area contributed by atoms with Crippen molar-refractivity contribution in [2.45, 2.75) is 25.0 Å². The van der Waals surface area contributed by atoms with Crippen LogP contribution in [0.5, 0.6) is 5.75 Å². The number of fused-ring (bicyclic) bond motifs is 1. The minimum atomic E-state index is -0.495. The molecule has 2 aromatic carbocycles. The standard InChI is InChI=1S/C20H21N3O2S/c24-16(11-21-19-10-7-14-3-1-2-4-18(14)19)12-25-17-8-5-15(6-9-17)20-13-26-23-22-20/h1-6,8-9,13,16,19,21,24H,7,10-12H2/p+1/t16-,19-/m1/s1. The quantitative estimate of drug-likeness (QED) is 0.671. The van der Waals surface area contributed by atoms with Crippen LogP contribution in [0.2, 0.25) is 0 Å². The van der Waals surface area contributed by atoms with Crippen LogP contribution >= 0.6 is 11.5 Å². The van der Waals surface area contributed by atoms with E-state index >= 15 is 0 Å². The molecule has 0 spiro atoms. The van der Waals surface area contributed by atoms with E-state index in [1.165, 1.54) is 22.7 Å². The first-order chi connectivity index (χ1) is 12.8. The van der Waals surface area contributed by atoms with Gasteiger partial charge in [0.15, 0.2) is 0 Å². The molecule has 1 heterocycles. The number of ether oxygens (including phenoxy) is 1. The van der Waals surface area contributed by atoms with Gasteiger partial charge in [0.2, 0.25) is 0 Å². The molecule has 3 aromatic rings. The monoisotopic (exact) mass is 368 g/mol. The highest BCUT2D eigenvalue weighted by atomic mass is 32.1. The van der Waals surface area contributed by atoms with Crippen LogP contribution in [0, 0.1) is 0 Å². The Kier molecular flexibility index (Phi) is 5.24. The summed E-state index contributed by atoms with van der Waals surface area (Å²) in [7, 11) is 0. The second-order valence-corrected chi connectivity index (χ2v) is 7.20. The van der Waals surface area contributed by atoms with Gasteiger partial charge in [-0.05, 0) is 47.8 Å². The second kappa shape index (κ2) is 7.95. The first-order valence-electron chi connectivity index (χ1n) is 8.89. The van der Waals surface area contributed by atoms with Gasteiger partial charge in [-0.15, -0.1) is 5.10 Å². The molecule has 0 bridgehead atoms. The number of aromatic nitrogens is 2. The first-order valence-corrected chi connectivity index (χ1v) is 9.73. The van der Waals surface area contributed by atoms with E-state index in [1.807, 2.05) is 29.6 Å². The Bertz CT molecular complexity index is 837. The molecule has 1 aromatic heterocycles. The normalized spacial score (nSPS) is 17.0. The van der Waals surface area contributed by atoms with Crippen molar-refractivity contribution in [3.63, 3.8) is 0 Å². The number of aryl methyl sites for hydroxylation is 1. The van der Waals surface area contributed by atoms with E-state index in [0.717, 1.165) is 29.8 Å². The van der Waals surface area contributed by atoms with Crippen LogP contribution in [0.4, 0.5) is 0 Å². The number of hydrogen-bond acceptors (Lipinski definition) is 5. The van der Waals surface area contributed by atoms with Crippen molar-refractivity contribution in [3.8, 4) is 17.0 Å². The molecule has 3 N–H and O–H groups in total. The second-order valence-electron chi connectivity index (χ2n) is 6.59. The number of nitrogens with zero attached hydrogens (tertiary/aromatic N) is 2. The van der Waals surface area contributed by atoms with Crippen molar-refractivity contribution >= 4 is 11.5 Å². The van der Waals surface area contributed by atoms with Crippen LogP contribution in [0.3, 0.4) is 0 Å². The number of rotatable bonds is 7. The van der Waals surface area contributed by atoms with Gasteiger partial charge in [0, 0.05) is 22.9 Å². The number of aliphatic hydroxyl groups excluding tert-OH is 1. The third-order valence-corrected chi connectivity index (χ3v) is 5.33. The Hall–Kier alpha value is -2.28. The highest BCUT2D eigenvalue weighted by Gasteiger charge is 2.25.